The minimum Gasteiger partial charge on any atom is -0.481 e. The minimum absolute atomic E-state index is 0.0644. The van der Waals surface area contributed by atoms with Gasteiger partial charge in [0.25, 0.3) is 15.9 Å². The number of hydrogen-bond donors (Lipinski definition) is 1. The van der Waals surface area contributed by atoms with Crippen LogP contribution in [0, 0.1) is 11.3 Å². The molecule has 1 saturated carbocycles. The highest BCUT2D eigenvalue weighted by atomic mass is 32.2. The van der Waals surface area contributed by atoms with Gasteiger partial charge in [-0.05, 0) is 36.8 Å². The number of sulfonamides is 1. The molecule has 8 nitrogen and oxygen atoms in total. The summed E-state index contributed by atoms with van der Waals surface area (Å²) in [6, 6.07) is 0. The predicted octanol–water partition coefficient (Wildman–Crippen LogP) is 0.197. The number of piperidine rings is 1. The first-order valence-electron chi connectivity index (χ1n) is 8.32. The van der Waals surface area contributed by atoms with Crippen LogP contribution in [0.1, 0.15) is 19.3 Å². The molecule has 1 saturated heterocycles. The van der Waals surface area contributed by atoms with E-state index in [1.165, 1.54) is 0 Å². The summed E-state index contributed by atoms with van der Waals surface area (Å²) < 4.78 is 27.4. The summed E-state index contributed by atoms with van der Waals surface area (Å²) in [7, 11) is -3.54. The van der Waals surface area contributed by atoms with E-state index in [9.17, 15) is 18.0 Å². The zero-order chi connectivity index (χ0) is 17.8. The van der Waals surface area contributed by atoms with Gasteiger partial charge < -0.3 is 14.9 Å². The molecule has 0 aromatic carbocycles. The monoisotopic (exact) mass is 365 g/mol. The molecular weight excluding hydrogens is 346 g/mol. The van der Waals surface area contributed by atoms with Gasteiger partial charge >= 0.3 is 5.97 Å². The zero-order valence-electron chi connectivity index (χ0n) is 13.6. The number of amidine groups is 1. The summed E-state index contributed by atoms with van der Waals surface area (Å²) in [5.41, 5.74) is 0.133. The Kier molecular flexibility index (Phi) is 3.54. The van der Waals surface area contributed by atoms with E-state index >= 15 is 0 Å². The lowest BCUT2D eigenvalue weighted by Gasteiger charge is -2.35. The van der Waals surface area contributed by atoms with E-state index in [1.54, 1.807) is 28.2 Å². The van der Waals surface area contributed by atoms with Crippen LogP contribution >= 0.6 is 0 Å². The molecule has 134 valence electrons. The average molecular weight is 365 g/mol. The standard InChI is InChI=1S/C16H19N3O5S/c20-14(19-6-3-16(4-7-19)10-12(16)15(21)22)11-2-1-5-18-8-9-25(23,24)17-13(11)18/h1-2,5,12H,3-4,6-10H2,(H,21,22). The Balaban J connectivity index is 1.50. The molecule has 1 atom stereocenters. The molecule has 1 amide bonds. The number of likely N-dealkylation sites (tertiary alicyclic amines) is 1. The second-order valence-corrected chi connectivity index (χ2v) is 8.82. The smallest absolute Gasteiger partial charge is 0.307 e. The third-order valence-corrected chi connectivity index (χ3v) is 6.77. The normalized spacial score (nSPS) is 28.9. The van der Waals surface area contributed by atoms with Gasteiger partial charge in [0.15, 0.2) is 5.84 Å². The maximum atomic E-state index is 12.9. The number of fused-ring (bicyclic) bond motifs is 1. The van der Waals surface area contributed by atoms with E-state index in [0.29, 0.717) is 32.4 Å². The lowest BCUT2D eigenvalue weighted by atomic mass is 9.90. The maximum Gasteiger partial charge on any atom is 0.307 e. The van der Waals surface area contributed by atoms with Gasteiger partial charge in [-0.2, -0.15) is 0 Å². The first kappa shape index (κ1) is 16.3. The Labute approximate surface area is 145 Å². The molecule has 0 bridgehead atoms. The van der Waals surface area contributed by atoms with Crippen molar-refractivity contribution < 1.29 is 23.1 Å². The lowest BCUT2D eigenvalue weighted by molar-refractivity contribution is -0.139. The Morgan fingerprint density at radius 2 is 1.96 bits per heavy atom. The fraction of sp³-hybridized carbons (Fsp3) is 0.562. The summed E-state index contributed by atoms with van der Waals surface area (Å²) in [6.07, 6.45) is 7.07. The van der Waals surface area contributed by atoms with Crippen LogP contribution in [0.3, 0.4) is 0 Å². The maximum absolute atomic E-state index is 12.9. The SMILES string of the molecule is O=C(O)C1CC12CCN(C(=O)C1=CC=CN3CCS(=O)(=O)N=C13)CC2. The van der Waals surface area contributed by atoms with Gasteiger partial charge in [-0.15, -0.1) is 4.40 Å². The zero-order valence-corrected chi connectivity index (χ0v) is 14.4. The molecule has 3 heterocycles. The van der Waals surface area contributed by atoms with Crippen molar-refractivity contribution in [3.63, 3.8) is 0 Å². The number of amides is 1. The van der Waals surface area contributed by atoms with E-state index in [-0.39, 0.29) is 40.9 Å². The third kappa shape index (κ3) is 2.76. The molecule has 9 heteroatoms. The Morgan fingerprint density at radius 3 is 2.60 bits per heavy atom. The average Bonchev–Trinajstić information content (AvgIpc) is 3.27. The number of carbonyl (C=O) groups excluding carboxylic acids is 1. The number of carbonyl (C=O) groups is 2. The van der Waals surface area contributed by atoms with Crippen molar-refractivity contribution in [1.82, 2.24) is 9.80 Å². The first-order chi connectivity index (χ1) is 11.8. The molecule has 1 unspecified atom stereocenters. The van der Waals surface area contributed by atoms with Crippen LogP contribution in [-0.2, 0) is 19.6 Å². The second-order valence-electron chi connectivity index (χ2n) is 7.07. The van der Waals surface area contributed by atoms with E-state index in [2.05, 4.69) is 4.40 Å². The van der Waals surface area contributed by atoms with Gasteiger partial charge in [-0.1, -0.05) is 0 Å². The lowest BCUT2D eigenvalue weighted by Crippen LogP contribution is -2.46. The van der Waals surface area contributed by atoms with Crippen molar-refractivity contribution in [2.45, 2.75) is 19.3 Å². The molecule has 1 N–H and O–H groups in total. The molecule has 4 aliphatic rings. The molecular formula is C16H19N3O5S. The van der Waals surface area contributed by atoms with Crippen LogP contribution in [0.2, 0.25) is 0 Å². The van der Waals surface area contributed by atoms with Crippen molar-refractivity contribution in [3.05, 3.63) is 23.9 Å². The van der Waals surface area contributed by atoms with Gasteiger partial charge in [0, 0.05) is 25.8 Å². The highest BCUT2D eigenvalue weighted by Crippen LogP contribution is 2.59. The molecule has 0 aromatic rings. The van der Waals surface area contributed by atoms with Crippen LogP contribution in [0.15, 0.2) is 28.3 Å². The number of allylic oxidation sites excluding steroid dienone is 2. The van der Waals surface area contributed by atoms with Gasteiger partial charge in [0.05, 0.1) is 17.2 Å². The van der Waals surface area contributed by atoms with Crippen LogP contribution in [0.5, 0.6) is 0 Å². The molecule has 4 rings (SSSR count). The van der Waals surface area contributed by atoms with Crippen LogP contribution < -0.4 is 0 Å². The topological polar surface area (TPSA) is 107 Å². The number of carboxylic acids is 1. The van der Waals surface area contributed by atoms with Crippen molar-refractivity contribution in [1.29, 1.82) is 0 Å². The molecule has 1 spiro atoms. The van der Waals surface area contributed by atoms with E-state index < -0.39 is 16.0 Å². The molecule has 2 fully saturated rings. The second kappa shape index (κ2) is 5.42. The molecule has 1 aliphatic carbocycles. The van der Waals surface area contributed by atoms with Crippen molar-refractivity contribution in [2.24, 2.45) is 15.7 Å². The summed E-state index contributed by atoms with van der Waals surface area (Å²) in [4.78, 5) is 27.4. The van der Waals surface area contributed by atoms with E-state index in [0.717, 1.165) is 0 Å². The van der Waals surface area contributed by atoms with Crippen LogP contribution in [0.4, 0.5) is 0 Å². The summed E-state index contributed by atoms with van der Waals surface area (Å²) in [6.45, 7) is 1.26. The summed E-state index contributed by atoms with van der Waals surface area (Å²) in [5.74, 6) is -1.16. The molecule has 0 aromatic heterocycles. The van der Waals surface area contributed by atoms with E-state index in [1.807, 2.05) is 0 Å². The quantitative estimate of drug-likeness (QED) is 0.749. The highest BCUT2D eigenvalue weighted by molar-refractivity contribution is 7.90. The van der Waals surface area contributed by atoms with Gasteiger partial charge in [0.2, 0.25) is 0 Å². The summed E-state index contributed by atoms with van der Waals surface area (Å²) in [5, 5.41) is 9.15. The first-order valence-corrected chi connectivity index (χ1v) is 9.92. The van der Waals surface area contributed by atoms with Gasteiger partial charge in [0.1, 0.15) is 0 Å². The van der Waals surface area contributed by atoms with Crippen molar-refractivity contribution in [2.75, 3.05) is 25.4 Å². The predicted molar refractivity (Wildman–Crippen MR) is 89.1 cm³/mol. The number of hydrogen-bond acceptors (Lipinski definition) is 5. The minimum atomic E-state index is -3.54. The van der Waals surface area contributed by atoms with Crippen LogP contribution in [0.25, 0.3) is 0 Å². The number of rotatable bonds is 2. The fourth-order valence-corrected chi connectivity index (χ4v) is 4.94. The molecule has 0 radical (unpaired) electrons. The molecule has 3 aliphatic heterocycles. The Morgan fingerprint density at radius 1 is 1.24 bits per heavy atom. The number of aliphatic carboxylic acids is 1. The highest BCUT2D eigenvalue weighted by Gasteiger charge is 2.59. The van der Waals surface area contributed by atoms with Crippen molar-refractivity contribution in [3.8, 4) is 0 Å². The number of nitrogens with zero attached hydrogens (tertiary/aromatic N) is 3. The van der Waals surface area contributed by atoms with Crippen LogP contribution in [-0.4, -0.2) is 66.4 Å². The van der Waals surface area contributed by atoms with Gasteiger partial charge in [-0.25, -0.2) is 8.42 Å². The largest absolute Gasteiger partial charge is 0.481 e. The molecule has 25 heavy (non-hydrogen) atoms. The van der Waals surface area contributed by atoms with Gasteiger partial charge in [-0.3, -0.25) is 9.59 Å². The third-order valence-electron chi connectivity index (χ3n) is 5.62. The fourth-order valence-electron chi connectivity index (χ4n) is 3.96. The Bertz CT molecular complexity index is 834. The van der Waals surface area contributed by atoms with Crippen molar-refractivity contribution >= 4 is 27.7 Å². The van der Waals surface area contributed by atoms with E-state index in [4.69, 9.17) is 5.11 Å². The number of carboxylic acid groups (broad SMARTS) is 1. The Hall–Kier alpha value is -2.16. The summed E-state index contributed by atoms with van der Waals surface area (Å²) >= 11 is 0.